The lowest BCUT2D eigenvalue weighted by Gasteiger charge is -2.64. The highest BCUT2D eigenvalue weighted by Gasteiger charge is 2.68. The molecule has 1 amide bonds. The Morgan fingerprint density at radius 2 is 2.14 bits per heavy atom. The first-order valence-corrected chi connectivity index (χ1v) is 8.70. The van der Waals surface area contributed by atoms with Gasteiger partial charge in [0.2, 0.25) is 5.91 Å². The normalized spacial score (nSPS) is 45.6. The summed E-state index contributed by atoms with van der Waals surface area (Å²) in [5.41, 5.74) is 5.71. The lowest BCUT2D eigenvalue weighted by molar-refractivity contribution is -0.199. The molecule has 0 radical (unpaired) electrons. The molecule has 2 N–H and O–H groups in total. The van der Waals surface area contributed by atoms with Crippen LogP contribution in [0, 0.1) is 17.3 Å². The van der Waals surface area contributed by atoms with Gasteiger partial charge < -0.3 is 19.9 Å². The van der Waals surface area contributed by atoms with Gasteiger partial charge in [-0.25, -0.2) is 0 Å². The van der Waals surface area contributed by atoms with Crippen LogP contribution < -0.4 is 5.73 Å². The van der Waals surface area contributed by atoms with Crippen LogP contribution in [0.4, 0.5) is 0 Å². The summed E-state index contributed by atoms with van der Waals surface area (Å²) in [6.07, 6.45) is 4.50. The molecule has 3 saturated carbocycles. The number of nitrogens with zero attached hydrogens (tertiary/aromatic N) is 1. The monoisotopic (exact) mass is 306 g/mol. The van der Waals surface area contributed by atoms with E-state index in [1.54, 1.807) is 0 Å². The van der Waals surface area contributed by atoms with E-state index in [1.807, 2.05) is 4.90 Å². The van der Waals surface area contributed by atoms with Crippen LogP contribution in [0.15, 0.2) is 0 Å². The molecule has 2 saturated heterocycles. The van der Waals surface area contributed by atoms with Crippen molar-refractivity contribution in [2.24, 2.45) is 23.0 Å². The third kappa shape index (κ3) is 1.80. The predicted molar refractivity (Wildman–Crippen MR) is 83.9 cm³/mol. The minimum Gasteiger partial charge on any atom is -0.404 e. The Kier molecular flexibility index (Phi) is 3.21. The summed E-state index contributed by atoms with van der Waals surface area (Å²) in [5, 5.41) is 0. The van der Waals surface area contributed by atoms with Crippen molar-refractivity contribution in [1.29, 1.82) is 0 Å². The van der Waals surface area contributed by atoms with Crippen LogP contribution in [-0.4, -0.2) is 48.7 Å². The number of hydrogen-bond acceptors (Lipinski definition) is 4. The van der Waals surface area contributed by atoms with Crippen molar-refractivity contribution >= 4 is 13.0 Å². The van der Waals surface area contributed by atoms with E-state index < -0.39 is 0 Å². The van der Waals surface area contributed by atoms with Gasteiger partial charge in [-0.05, 0) is 49.9 Å². The van der Waals surface area contributed by atoms with Gasteiger partial charge in [-0.2, -0.15) is 0 Å². The average molecular weight is 306 g/mol. The molecule has 6 heteroatoms. The summed E-state index contributed by atoms with van der Waals surface area (Å²) >= 11 is 0. The largest absolute Gasteiger partial charge is 0.481 e. The van der Waals surface area contributed by atoms with Crippen molar-refractivity contribution < 1.29 is 14.1 Å². The molecule has 3 aliphatic carbocycles. The molecule has 2 heterocycles. The first kappa shape index (κ1) is 15.0. The van der Waals surface area contributed by atoms with Gasteiger partial charge in [0.15, 0.2) is 0 Å². The van der Waals surface area contributed by atoms with Crippen molar-refractivity contribution in [3.63, 3.8) is 0 Å². The number of likely N-dealkylation sites (tertiary alicyclic amines) is 1. The van der Waals surface area contributed by atoms with Crippen LogP contribution in [0.5, 0.6) is 0 Å². The Hall–Kier alpha value is -0.585. The maximum Gasteiger partial charge on any atom is 0.481 e. The molecular weight excluding hydrogens is 279 g/mol. The van der Waals surface area contributed by atoms with Crippen molar-refractivity contribution in [2.45, 2.75) is 64.1 Å². The van der Waals surface area contributed by atoms with E-state index in [0.717, 1.165) is 31.7 Å². The average Bonchev–Trinajstić information content (AvgIpc) is 3.08. The number of amides is 1. The topological polar surface area (TPSA) is 64.8 Å². The Balaban J connectivity index is 1.54. The molecule has 5 atom stereocenters. The molecule has 22 heavy (non-hydrogen) atoms. The zero-order chi connectivity index (χ0) is 15.7. The van der Waals surface area contributed by atoms with Gasteiger partial charge in [0.25, 0.3) is 0 Å². The molecule has 0 spiro atoms. The smallest absolute Gasteiger partial charge is 0.404 e. The third-order valence-electron chi connectivity index (χ3n) is 7.08. The van der Waals surface area contributed by atoms with Crippen LogP contribution >= 0.6 is 0 Å². The fourth-order valence-corrected chi connectivity index (χ4v) is 5.57. The van der Waals surface area contributed by atoms with E-state index in [2.05, 4.69) is 20.8 Å². The fraction of sp³-hybridized carbons (Fsp3) is 0.938. The Bertz CT molecular complexity index is 500. The fourth-order valence-electron chi connectivity index (χ4n) is 5.57. The number of carbonyl (C=O) groups is 1. The Morgan fingerprint density at radius 1 is 1.36 bits per heavy atom. The van der Waals surface area contributed by atoms with E-state index in [-0.39, 0.29) is 37.2 Å². The number of hydrogen-bond donors (Lipinski definition) is 1. The highest BCUT2D eigenvalue weighted by molar-refractivity contribution is 6.48. The number of rotatable bonds is 2. The summed E-state index contributed by atoms with van der Waals surface area (Å²) in [4.78, 5) is 13.9. The van der Waals surface area contributed by atoms with Crippen LogP contribution in [-0.2, 0) is 14.1 Å². The highest BCUT2D eigenvalue weighted by atomic mass is 16.7. The second-order valence-corrected chi connectivity index (χ2v) is 8.34. The molecule has 0 aromatic carbocycles. The second-order valence-electron chi connectivity index (χ2n) is 8.34. The first-order valence-electron chi connectivity index (χ1n) is 8.70. The molecule has 5 rings (SSSR count). The highest BCUT2D eigenvalue weighted by Crippen LogP contribution is 2.65. The Labute approximate surface area is 133 Å². The van der Waals surface area contributed by atoms with Crippen LogP contribution in [0.2, 0.25) is 0 Å². The van der Waals surface area contributed by atoms with E-state index in [9.17, 15) is 4.79 Å². The van der Waals surface area contributed by atoms with Crippen molar-refractivity contribution in [3.8, 4) is 0 Å². The molecule has 5 aliphatic rings. The Morgan fingerprint density at radius 3 is 2.82 bits per heavy atom. The van der Waals surface area contributed by atoms with Gasteiger partial charge >= 0.3 is 7.12 Å². The molecule has 2 bridgehead atoms. The minimum atomic E-state index is -0.275. The van der Waals surface area contributed by atoms with Gasteiger partial charge in [0.05, 0.1) is 24.2 Å². The second kappa shape index (κ2) is 4.71. The zero-order valence-corrected chi connectivity index (χ0v) is 13.9. The summed E-state index contributed by atoms with van der Waals surface area (Å²) in [6.45, 7) is 7.81. The molecule has 0 aromatic rings. The van der Waals surface area contributed by atoms with E-state index >= 15 is 0 Å². The molecule has 1 unspecified atom stereocenters. The van der Waals surface area contributed by atoms with Crippen molar-refractivity contribution in [1.82, 2.24) is 4.90 Å². The van der Waals surface area contributed by atoms with Crippen molar-refractivity contribution in [3.05, 3.63) is 0 Å². The maximum atomic E-state index is 12.0. The van der Waals surface area contributed by atoms with Gasteiger partial charge in [-0.1, -0.05) is 13.8 Å². The summed E-state index contributed by atoms with van der Waals surface area (Å²) in [5.74, 6) is 1.37. The number of nitrogens with two attached hydrogens (primary N) is 1. The lowest BCUT2D eigenvalue weighted by Crippen LogP contribution is -2.65. The molecule has 5 fully saturated rings. The SMILES string of the molecule is CC1(C)C2C[C@@H]1C[C@H]1OB([C@@H]3CCCN3C(=O)CN)O[C@@]21C. The summed E-state index contributed by atoms with van der Waals surface area (Å²) in [6, 6.07) is 0. The minimum absolute atomic E-state index is 0.0133. The van der Waals surface area contributed by atoms with Crippen LogP contribution in [0.3, 0.4) is 0 Å². The zero-order valence-electron chi connectivity index (χ0n) is 13.9. The first-order chi connectivity index (χ1) is 10.4. The standard InChI is InChI=1S/C16H27BN2O3/c1-15(2)10-7-11(15)16(3)12(8-10)21-17(22-16)13-5-4-6-19(13)14(20)9-18/h10-13H,4-9,18H2,1-3H3/t10-,11?,12-,13+,16+/m1/s1. The van der Waals surface area contributed by atoms with E-state index in [0.29, 0.717) is 11.3 Å². The predicted octanol–water partition coefficient (Wildman–Crippen LogP) is 1.20. The molecule has 5 nitrogen and oxygen atoms in total. The molecular formula is C16H27BN2O3. The summed E-state index contributed by atoms with van der Waals surface area (Å²) in [7, 11) is -0.275. The van der Waals surface area contributed by atoms with E-state index in [1.165, 1.54) is 6.42 Å². The number of carbonyl (C=O) groups excluding carboxylic acids is 1. The maximum absolute atomic E-state index is 12.0. The van der Waals surface area contributed by atoms with E-state index in [4.69, 9.17) is 15.0 Å². The van der Waals surface area contributed by atoms with Crippen LogP contribution in [0.25, 0.3) is 0 Å². The van der Waals surface area contributed by atoms with Gasteiger partial charge in [-0.3, -0.25) is 4.79 Å². The molecule has 0 aromatic heterocycles. The van der Waals surface area contributed by atoms with Crippen molar-refractivity contribution in [2.75, 3.05) is 13.1 Å². The third-order valence-corrected chi connectivity index (χ3v) is 7.08. The molecule has 122 valence electrons. The molecule has 2 aliphatic heterocycles. The van der Waals surface area contributed by atoms with Gasteiger partial charge in [0.1, 0.15) is 0 Å². The van der Waals surface area contributed by atoms with Gasteiger partial charge in [-0.15, -0.1) is 0 Å². The lowest BCUT2D eigenvalue weighted by atomic mass is 9.43. The summed E-state index contributed by atoms with van der Waals surface area (Å²) < 4.78 is 12.8. The van der Waals surface area contributed by atoms with Gasteiger partial charge in [0, 0.05) is 6.54 Å². The van der Waals surface area contributed by atoms with Crippen LogP contribution in [0.1, 0.15) is 46.5 Å². The quantitative estimate of drug-likeness (QED) is 0.779.